The van der Waals surface area contributed by atoms with Crippen LogP contribution in [-0.2, 0) is 15.0 Å². The zero-order valence-corrected chi connectivity index (χ0v) is 15.6. The normalized spacial score (nSPS) is 36.7. The number of nitrogens with zero attached hydrogens (tertiary/aromatic N) is 1. The van der Waals surface area contributed by atoms with Crippen LogP contribution < -0.4 is 0 Å². The van der Waals surface area contributed by atoms with E-state index in [2.05, 4.69) is 31.2 Å². The zero-order valence-electron chi connectivity index (χ0n) is 15.6. The Balaban J connectivity index is 1.67. The molecule has 2 bridgehead atoms. The number of benzene rings is 1. The smallest absolute Gasteiger partial charge is 0.326 e. The van der Waals surface area contributed by atoms with Crippen LogP contribution in [0, 0.1) is 11.3 Å². The minimum Gasteiger partial charge on any atom is -0.480 e. The molecule has 2 aliphatic carbocycles. The van der Waals surface area contributed by atoms with Crippen LogP contribution in [0.4, 0.5) is 0 Å². The van der Waals surface area contributed by atoms with E-state index in [-0.39, 0.29) is 16.7 Å². The lowest BCUT2D eigenvalue weighted by Crippen LogP contribution is -2.55. The first-order valence-corrected chi connectivity index (χ1v) is 10.0. The molecule has 140 valence electrons. The maximum atomic E-state index is 13.6. The molecule has 1 N–H and O–H groups in total. The Kier molecular flexibility index (Phi) is 4.32. The summed E-state index contributed by atoms with van der Waals surface area (Å²) < 4.78 is 0. The van der Waals surface area contributed by atoms with Crippen molar-refractivity contribution in [1.29, 1.82) is 0 Å². The number of amides is 1. The van der Waals surface area contributed by atoms with Gasteiger partial charge in [0.15, 0.2) is 0 Å². The minimum absolute atomic E-state index is 0.00129. The zero-order chi connectivity index (χ0) is 18.4. The van der Waals surface area contributed by atoms with E-state index in [1.807, 2.05) is 6.07 Å². The quantitative estimate of drug-likeness (QED) is 0.892. The molecule has 1 amide bonds. The van der Waals surface area contributed by atoms with Gasteiger partial charge in [-0.05, 0) is 55.4 Å². The van der Waals surface area contributed by atoms with Crippen molar-refractivity contribution < 1.29 is 14.7 Å². The Morgan fingerprint density at radius 2 is 1.88 bits per heavy atom. The highest BCUT2D eigenvalue weighted by molar-refractivity contribution is 5.88. The first-order chi connectivity index (χ1) is 12.4. The van der Waals surface area contributed by atoms with Crippen molar-refractivity contribution in [3.63, 3.8) is 0 Å². The van der Waals surface area contributed by atoms with E-state index in [1.54, 1.807) is 4.90 Å². The van der Waals surface area contributed by atoms with Crippen LogP contribution in [0.2, 0.25) is 0 Å². The van der Waals surface area contributed by atoms with Crippen LogP contribution in [0.5, 0.6) is 0 Å². The first-order valence-electron chi connectivity index (χ1n) is 10.0. The number of carboxylic acid groups (broad SMARTS) is 1. The monoisotopic (exact) mass is 355 g/mol. The molecular weight excluding hydrogens is 326 g/mol. The second-order valence-electron chi connectivity index (χ2n) is 9.05. The summed E-state index contributed by atoms with van der Waals surface area (Å²) in [6, 6.07) is 9.96. The molecule has 2 unspecified atom stereocenters. The summed E-state index contributed by atoms with van der Waals surface area (Å²) in [6.45, 7) is 2.91. The predicted molar refractivity (Wildman–Crippen MR) is 99.8 cm³/mol. The largest absolute Gasteiger partial charge is 0.480 e. The van der Waals surface area contributed by atoms with Gasteiger partial charge in [-0.25, -0.2) is 4.79 Å². The van der Waals surface area contributed by atoms with E-state index in [0.717, 1.165) is 38.5 Å². The number of fused-ring (bicyclic) bond motifs is 2. The highest BCUT2D eigenvalue weighted by atomic mass is 16.4. The second-order valence-corrected chi connectivity index (χ2v) is 9.05. The van der Waals surface area contributed by atoms with Crippen molar-refractivity contribution in [2.24, 2.45) is 11.3 Å². The first kappa shape index (κ1) is 17.6. The van der Waals surface area contributed by atoms with Crippen molar-refractivity contribution in [3.05, 3.63) is 35.9 Å². The topological polar surface area (TPSA) is 57.6 Å². The van der Waals surface area contributed by atoms with Crippen LogP contribution in [0.1, 0.15) is 63.9 Å². The fraction of sp³-hybridized carbons (Fsp3) is 0.636. The Hall–Kier alpha value is -1.84. The standard InChI is InChI=1S/C22H29NO3/c1-21(17-8-3-2-4-9-17)13-16-7-5-11-22(14-16,15-21)20(26)23-12-6-10-18(23)19(24)25/h2-4,8-9,16,18H,5-7,10-15H2,1H3,(H,24,25)/t16-,18+,21?,22?/m0/s1. The number of hydrogen-bond acceptors (Lipinski definition) is 2. The van der Waals surface area contributed by atoms with Crippen LogP contribution >= 0.6 is 0 Å². The number of carboxylic acids is 1. The Morgan fingerprint density at radius 3 is 2.62 bits per heavy atom. The average Bonchev–Trinajstić information content (AvgIpc) is 3.11. The summed E-state index contributed by atoms with van der Waals surface area (Å²) in [4.78, 5) is 27.0. The number of likely N-dealkylation sites (tertiary alicyclic amines) is 1. The number of hydrogen-bond donors (Lipinski definition) is 1. The Morgan fingerprint density at radius 1 is 1.12 bits per heavy atom. The van der Waals surface area contributed by atoms with Gasteiger partial charge in [0.1, 0.15) is 6.04 Å². The van der Waals surface area contributed by atoms with Gasteiger partial charge in [-0.15, -0.1) is 0 Å². The van der Waals surface area contributed by atoms with E-state index in [4.69, 9.17) is 0 Å². The fourth-order valence-corrected chi connectivity index (χ4v) is 6.18. The Labute approximate surface area is 155 Å². The summed E-state index contributed by atoms with van der Waals surface area (Å²) in [7, 11) is 0. The minimum atomic E-state index is -0.846. The molecule has 26 heavy (non-hydrogen) atoms. The van der Waals surface area contributed by atoms with Crippen molar-refractivity contribution >= 4 is 11.9 Å². The van der Waals surface area contributed by atoms with E-state index >= 15 is 0 Å². The molecule has 0 radical (unpaired) electrons. The highest BCUT2D eigenvalue weighted by Gasteiger charge is 2.55. The van der Waals surface area contributed by atoms with Gasteiger partial charge in [-0.1, -0.05) is 50.1 Å². The van der Waals surface area contributed by atoms with Crippen molar-refractivity contribution in [2.45, 2.75) is 69.7 Å². The number of rotatable bonds is 3. The molecule has 2 saturated carbocycles. The van der Waals surface area contributed by atoms with Gasteiger partial charge in [0.2, 0.25) is 5.91 Å². The van der Waals surface area contributed by atoms with Gasteiger partial charge in [0.05, 0.1) is 5.41 Å². The maximum absolute atomic E-state index is 13.6. The molecule has 1 aliphatic heterocycles. The molecule has 4 heteroatoms. The lowest BCUT2D eigenvalue weighted by molar-refractivity contribution is -0.158. The van der Waals surface area contributed by atoms with Gasteiger partial charge in [-0.3, -0.25) is 4.79 Å². The van der Waals surface area contributed by atoms with Gasteiger partial charge >= 0.3 is 5.97 Å². The van der Waals surface area contributed by atoms with Gasteiger partial charge in [0.25, 0.3) is 0 Å². The van der Waals surface area contributed by atoms with Gasteiger partial charge in [-0.2, -0.15) is 0 Å². The lowest BCUT2D eigenvalue weighted by Gasteiger charge is -2.53. The second kappa shape index (κ2) is 6.40. The summed E-state index contributed by atoms with van der Waals surface area (Å²) in [5.74, 6) is -0.160. The van der Waals surface area contributed by atoms with Crippen LogP contribution in [0.25, 0.3) is 0 Å². The molecule has 3 fully saturated rings. The van der Waals surface area contributed by atoms with E-state index < -0.39 is 12.0 Å². The summed E-state index contributed by atoms with van der Waals surface area (Å²) in [6.07, 6.45) is 7.52. The predicted octanol–water partition coefficient (Wildman–Crippen LogP) is 3.99. The molecule has 1 aromatic rings. The van der Waals surface area contributed by atoms with E-state index in [9.17, 15) is 14.7 Å². The summed E-state index contributed by atoms with van der Waals surface area (Å²) in [5.41, 5.74) is 0.947. The van der Waals surface area contributed by atoms with E-state index in [0.29, 0.717) is 18.9 Å². The number of aliphatic carboxylic acids is 1. The third kappa shape index (κ3) is 2.83. The van der Waals surface area contributed by atoms with Crippen LogP contribution in [-0.4, -0.2) is 34.5 Å². The number of carbonyl (C=O) groups excluding carboxylic acids is 1. The third-order valence-electron chi connectivity index (χ3n) is 7.14. The van der Waals surface area contributed by atoms with Gasteiger partial charge < -0.3 is 10.0 Å². The number of carbonyl (C=O) groups is 2. The third-order valence-corrected chi connectivity index (χ3v) is 7.14. The van der Waals surface area contributed by atoms with Crippen LogP contribution in [0.3, 0.4) is 0 Å². The van der Waals surface area contributed by atoms with Crippen molar-refractivity contribution in [1.82, 2.24) is 4.90 Å². The highest BCUT2D eigenvalue weighted by Crippen LogP contribution is 2.57. The van der Waals surface area contributed by atoms with E-state index in [1.165, 1.54) is 12.0 Å². The summed E-state index contributed by atoms with van der Waals surface area (Å²) in [5, 5.41) is 9.54. The molecular formula is C22H29NO3. The molecule has 3 aliphatic rings. The molecule has 4 atom stereocenters. The van der Waals surface area contributed by atoms with Gasteiger partial charge in [0, 0.05) is 6.54 Å². The molecule has 0 spiro atoms. The molecule has 4 nitrogen and oxygen atoms in total. The molecule has 1 aromatic carbocycles. The van der Waals surface area contributed by atoms with Crippen LogP contribution in [0.15, 0.2) is 30.3 Å². The SMILES string of the molecule is CC1(c2ccccc2)C[C@@H]2CCCC(C(=O)N3CCC[C@@H]3C(=O)O)(C2)C1. The molecule has 1 saturated heterocycles. The van der Waals surface area contributed by atoms with Crippen molar-refractivity contribution in [3.8, 4) is 0 Å². The molecule has 1 heterocycles. The summed E-state index contributed by atoms with van der Waals surface area (Å²) >= 11 is 0. The Bertz CT molecular complexity index is 703. The average molecular weight is 355 g/mol. The maximum Gasteiger partial charge on any atom is 0.326 e. The lowest BCUT2D eigenvalue weighted by atomic mass is 9.52. The van der Waals surface area contributed by atoms with Crippen molar-refractivity contribution in [2.75, 3.05) is 6.54 Å². The molecule has 0 aromatic heterocycles. The fourth-order valence-electron chi connectivity index (χ4n) is 6.18. The molecule has 4 rings (SSSR count).